The highest BCUT2D eigenvalue weighted by atomic mass is 16.9. The van der Waals surface area contributed by atoms with Crippen molar-refractivity contribution in [3.8, 4) is 0 Å². The molecule has 0 fully saturated rings. The number of esters is 1. The lowest BCUT2D eigenvalue weighted by Gasteiger charge is -2.44. The van der Waals surface area contributed by atoms with Gasteiger partial charge in [-0.3, -0.25) is 10.0 Å². The minimum Gasteiger partial charge on any atom is -0.458 e. The van der Waals surface area contributed by atoms with Crippen molar-refractivity contribution in [2.45, 2.75) is 32.8 Å². The Morgan fingerprint density at radius 2 is 1.77 bits per heavy atom. The monoisotopic (exact) mass is 524 g/mol. The third-order valence-corrected chi connectivity index (χ3v) is 7.49. The van der Waals surface area contributed by atoms with E-state index in [-0.39, 0.29) is 28.2 Å². The molecule has 3 aromatic carbocycles. The lowest BCUT2D eigenvalue weighted by Crippen LogP contribution is -2.51. The second kappa shape index (κ2) is 9.62. The summed E-state index contributed by atoms with van der Waals surface area (Å²) in [5, 5.41) is 13.8. The van der Waals surface area contributed by atoms with Crippen molar-refractivity contribution in [2.75, 3.05) is 18.1 Å². The summed E-state index contributed by atoms with van der Waals surface area (Å²) in [6.07, 6.45) is -0.722. The molecule has 0 unspecified atom stereocenters. The van der Waals surface area contributed by atoms with Crippen LogP contribution in [0, 0.1) is 25.0 Å². The molecule has 0 saturated heterocycles. The van der Waals surface area contributed by atoms with Crippen molar-refractivity contribution in [1.29, 1.82) is 0 Å². The van der Waals surface area contributed by atoms with Crippen LogP contribution in [0.15, 0.2) is 82.0 Å². The zero-order chi connectivity index (χ0) is 27.3. The molecule has 3 atom stereocenters. The maximum absolute atomic E-state index is 14.3. The van der Waals surface area contributed by atoms with E-state index in [1.807, 2.05) is 79.4 Å². The van der Waals surface area contributed by atoms with Gasteiger partial charge in [-0.2, -0.15) is 0 Å². The molecular formula is C31H28N2O6. The van der Waals surface area contributed by atoms with Crippen LogP contribution in [0.2, 0.25) is 0 Å². The zero-order valence-electron chi connectivity index (χ0n) is 21.9. The number of anilines is 2. The maximum atomic E-state index is 14.3. The van der Waals surface area contributed by atoms with Crippen LogP contribution in [0.5, 0.6) is 0 Å². The number of aryl methyl sites for hydroxylation is 2. The van der Waals surface area contributed by atoms with Gasteiger partial charge in [0.05, 0.1) is 34.5 Å². The van der Waals surface area contributed by atoms with E-state index in [2.05, 4.69) is 0 Å². The molecule has 3 heterocycles. The standard InChI is InChI=1S/C31H28N2O6/c1-4-37-31(35)27-25-23(29(39-33(27)36)20-8-6-5-7-9-20)17-32(21-13-10-18(2)11-14-21)30-26(25)28(34)22-16-19(3)12-15-24(22)38-30/h5-16,23,25,29H,4,17H2,1-3H3/t23-,25-,29+/m0/s1. The van der Waals surface area contributed by atoms with E-state index in [0.29, 0.717) is 23.4 Å². The summed E-state index contributed by atoms with van der Waals surface area (Å²) in [6, 6.07) is 22.7. The summed E-state index contributed by atoms with van der Waals surface area (Å²) < 4.78 is 11.7. The zero-order valence-corrected chi connectivity index (χ0v) is 21.9. The first-order valence-corrected chi connectivity index (χ1v) is 13.0. The molecule has 4 aromatic rings. The quantitative estimate of drug-likeness (QED) is 0.258. The molecule has 0 saturated carbocycles. The predicted molar refractivity (Wildman–Crippen MR) is 147 cm³/mol. The first-order valence-electron chi connectivity index (χ1n) is 13.0. The van der Waals surface area contributed by atoms with Crippen molar-refractivity contribution >= 4 is 34.2 Å². The molecule has 8 heteroatoms. The Balaban J connectivity index is 1.66. The largest absolute Gasteiger partial charge is 0.458 e. The van der Waals surface area contributed by atoms with Crippen molar-refractivity contribution in [1.82, 2.24) is 0 Å². The van der Waals surface area contributed by atoms with Crippen LogP contribution >= 0.6 is 0 Å². The first-order chi connectivity index (χ1) is 18.9. The highest BCUT2D eigenvalue weighted by Gasteiger charge is 2.54. The van der Waals surface area contributed by atoms with Gasteiger partial charge >= 0.3 is 11.7 Å². The molecular weight excluding hydrogens is 496 g/mol. The van der Waals surface area contributed by atoms with Gasteiger partial charge in [0.2, 0.25) is 5.88 Å². The van der Waals surface area contributed by atoms with Gasteiger partial charge in [-0.25, -0.2) is 4.79 Å². The summed E-state index contributed by atoms with van der Waals surface area (Å²) >= 11 is 0. The molecule has 0 spiro atoms. The molecule has 0 bridgehead atoms. The van der Waals surface area contributed by atoms with Gasteiger partial charge in [-0.15, -0.1) is 0 Å². The average molecular weight is 525 g/mol. The number of fused-ring (bicyclic) bond motifs is 4. The number of hydrogen-bond acceptors (Lipinski definition) is 7. The van der Waals surface area contributed by atoms with Crippen LogP contribution in [0.3, 0.4) is 0 Å². The minimum absolute atomic E-state index is 0.0730. The molecule has 0 amide bonds. The third-order valence-electron chi connectivity index (χ3n) is 7.49. The van der Waals surface area contributed by atoms with E-state index in [1.165, 1.54) is 0 Å². The Labute approximate surface area is 225 Å². The van der Waals surface area contributed by atoms with Crippen LogP contribution < -0.4 is 10.3 Å². The molecule has 8 nitrogen and oxygen atoms in total. The van der Waals surface area contributed by atoms with Crippen molar-refractivity contribution in [2.24, 2.45) is 5.92 Å². The fraction of sp³-hybridized carbons (Fsp3) is 0.258. The first kappa shape index (κ1) is 24.7. The fourth-order valence-corrected chi connectivity index (χ4v) is 5.67. The van der Waals surface area contributed by atoms with Gasteiger partial charge in [0, 0.05) is 18.2 Å². The molecule has 198 valence electrons. The highest BCUT2D eigenvalue weighted by Crippen LogP contribution is 2.49. The lowest BCUT2D eigenvalue weighted by molar-refractivity contribution is -0.763. The Morgan fingerprint density at radius 1 is 1.05 bits per heavy atom. The number of nitrogens with zero attached hydrogens (tertiary/aromatic N) is 2. The highest BCUT2D eigenvalue weighted by molar-refractivity contribution is 6.36. The van der Waals surface area contributed by atoms with Gasteiger partial charge < -0.3 is 18.9 Å². The van der Waals surface area contributed by atoms with E-state index in [0.717, 1.165) is 22.4 Å². The molecule has 2 aliphatic heterocycles. The van der Waals surface area contributed by atoms with Crippen molar-refractivity contribution in [3.05, 3.63) is 110 Å². The topological polar surface area (TPSA) is 95.1 Å². The van der Waals surface area contributed by atoms with E-state index < -0.39 is 23.9 Å². The molecule has 6 rings (SSSR count). The van der Waals surface area contributed by atoms with Crippen LogP contribution in [-0.4, -0.2) is 29.7 Å². The minimum atomic E-state index is -0.904. The van der Waals surface area contributed by atoms with E-state index in [1.54, 1.807) is 19.1 Å². The van der Waals surface area contributed by atoms with Gasteiger partial charge in [0.1, 0.15) is 5.58 Å². The van der Waals surface area contributed by atoms with Crippen LogP contribution in [0.4, 0.5) is 11.6 Å². The number of ether oxygens (including phenoxy) is 1. The summed E-state index contributed by atoms with van der Waals surface area (Å²) in [6.45, 7) is 5.97. The number of hydrogen-bond donors (Lipinski definition) is 0. The normalized spacial score (nSPS) is 20.3. The molecule has 0 radical (unpaired) electrons. The molecule has 2 aliphatic rings. The van der Waals surface area contributed by atoms with E-state index in [9.17, 15) is 14.8 Å². The average Bonchev–Trinajstić information content (AvgIpc) is 2.93. The number of carbonyl (C=O) groups is 1. The van der Waals surface area contributed by atoms with Crippen molar-refractivity contribution < 1.29 is 23.7 Å². The lowest BCUT2D eigenvalue weighted by atomic mass is 9.74. The van der Waals surface area contributed by atoms with Crippen LogP contribution in [0.1, 0.15) is 41.2 Å². The van der Waals surface area contributed by atoms with Gasteiger partial charge in [0.25, 0.3) is 0 Å². The molecule has 0 aliphatic carbocycles. The smallest absolute Gasteiger partial charge is 0.405 e. The summed E-state index contributed by atoms with van der Waals surface area (Å²) in [4.78, 5) is 35.5. The maximum Gasteiger partial charge on any atom is 0.405 e. The molecule has 0 N–H and O–H groups in total. The summed E-state index contributed by atoms with van der Waals surface area (Å²) in [5.74, 6) is -1.88. The van der Waals surface area contributed by atoms with Crippen LogP contribution in [0.25, 0.3) is 11.0 Å². The summed E-state index contributed by atoms with van der Waals surface area (Å²) in [5.41, 5.74) is 3.72. The SMILES string of the molecule is CCOC(=O)C1=[N+]([O-])O[C@H](c2ccccc2)[C@H]2CN(c3ccc(C)cc3)c3oc4ccc(C)cc4c(=O)c3[C@@H]12. The number of rotatable bonds is 4. The number of benzene rings is 3. The van der Waals surface area contributed by atoms with Gasteiger partial charge in [-0.1, -0.05) is 59.7 Å². The van der Waals surface area contributed by atoms with Gasteiger partial charge in [-0.05, 0) is 50.6 Å². The Hall–Kier alpha value is -4.59. The van der Waals surface area contributed by atoms with E-state index >= 15 is 0 Å². The van der Waals surface area contributed by atoms with Crippen molar-refractivity contribution in [3.63, 3.8) is 0 Å². The fourth-order valence-electron chi connectivity index (χ4n) is 5.67. The predicted octanol–water partition coefficient (Wildman–Crippen LogP) is 5.46. The Morgan fingerprint density at radius 3 is 2.49 bits per heavy atom. The third kappa shape index (κ3) is 4.12. The summed E-state index contributed by atoms with van der Waals surface area (Å²) in [7, 11) is 0. The Bertz CT molecular complexity index is 1660. The van der Waals surface area contributed by atoms with Crippen LogP contribution in [-0.2, 0) is 14.4 Å². The van der Waals surface area contributed by atoms with Gasteiger partial charge in [0.15, 0.2) is 5.43 Å². The second-order valence-electron chi connectivity index (χ2n) is 10.0. The molecule has 39 heavy (non-hydrogen) atoms. The Kier molecular flexibility index (Phi) is 6.10. The second-order valence-corrected chi connectivity index (χ2v) is 10.0. The number of carbonyl (C=O) groups excluding carboxylic acids is 1. The molecule has 1 aromatic heterocycles. The van der Waals surface area contributed by atoms with E-state index in [4.69, 9.17) is 14.0 Å².